The first-order valence-corrected chi connectivity index (χ1v) is 18.6. The predicted molar refractivity (Wildman–Crippen MR) is 202 cm³/mol. The molecule has 1 N–H and O–H groups in total. The number of ether oxygens (including phenoxy) is 1. The van der Waals surface area contributed by atoms with E-state index in [1.807, 2.05) is 24.3 Å². The highest BCUT2D eigenvalue weighted by Gasteiger charge is 2.70. The van der Waals surface area contributed by atoms with Crippen LogP contribution in [-0.4, -0.2) is 40.8 Å². The normalized spacial score (nSPS) is 26.3. The first kappa shape index (κ1) is 35.2. The van der Waals surface area contributed by atoms with E-state index in [4.69, 9.17) is 16.3 Å². The zero-order valence-corrected chi connectivity index (χ0v) is 31.7. The van der Waals surface area contributed by atoms with Gasteiger partial charge in [-0.3, -0.25) is 29.3 Å². The molecule has 0 bridgehead atoms. The highest BCUT2D eigenvalue weighted by Crippen LogP contribution is 2.66. The standard InChI is InChI=1S/C39H28Br2ClN3O8/c1-53-29-18-27(32(40)33(41)34(29)46)31-24-13-14-25-30(37(49)43(35(25)47)22-11-6-12-23(16-22)45(51)52)26(24)17-28-36(48)44(21-10-5-9-20(42)15-21)38(50)39(28,31)19-7-3-2-4-8-19/h2-13,15-16,18,25-26,28,30-31,46H,14,17H2,1H3/t25-,26+,28-,30-,31+,39+/m0/s1. The number of aromatic hydroxyl groups is 1. The molecule has 8 rings (SSSR count). The van der Waals surface area contributed by atoms with Crippen molar-refractivity contribution in [1.29, 1.82) is 0 Å². The third-order valence-electron chi connectivity index (χ3n) is 11.2. The Labute approximate surface area is 324 Å². The van der Waals surface area contributed by atoms with Gasteiger partial charge in [0.05, 0.1) is 51.0 Å². The fraction of sp³-hybridized carbons (Fsp3) is 0.231. The number of hydrogen-bond donors (Lipinski definition) is 1. The average Bonchev–Trinajstić information content (AvgIpc) is 3.55. The summed E-state index contributed by atoms with van der Waals surface area (Å²) in [7, 11) is 1.40. The van der Waals surface area contributed by atoms with Gasteiger partial charge in [-0.1, -0.05) is 65.7 Å². The Hall–Kier alpha value is -4.85. The van der Waals surface area contributed by atoms with Crippen molar-refractivity contribution in [2.45, 2.75) is 24.2 Å². The van der Waals surface area contributed by atoms with Gasteiger partial charge < -0.3 is 9.84 Å². The summed E-state index contributed by atoms with van der Waals surface area (Å²) in [4.78, 5) is 72.3. The van der Waals surface area contributed by atoms with Crippen LogP contribution in [0.5, 0.6) is 11.5 Å². The number of rotatable bonds is 6. The van der Waals surface area contributed by atoms with E-state index in [9.17, 15) is 29.6 Å². The smallest absolute Gasteiger partial charge is 0.271 e. The molecule has 2 saturated heterocycles. The van der Waals surface area contributed by atoms with Gasteiger partial charge in [0.1, 0.15) is 0 Å². The van der Waals surface area contributed by atoms with Crippen molar-refractivity contribution in [1.82, 2.24) is 0 Å². The highest BCUT2D eigenvalue weighted by atomic mass is 79.9. The number of allylic oxidation sites excluding steroid dienone is 2. The van der Waals surface area contributed by atoms with E-state index in [2.05, 4.69) is 31.9 Å². The van der Waals surface area contributed by atoms with Crippen LogP contribution in [0.3, 0.4) is 0 Å². The third kappa shape index (κ3) is 5.04. The number of nitro groups is 1. The van der Waals surface area contributed by atoms with Crippen molar-refractivity contribution in [3.8, 4) is 11.5 Å². The molecule has 2 aliphatic carbocycles. The van der Waals surface area contributed by atoms with Gasteiger partial charge in [0.15, 0.2) is 11.5 Å². The predicted octanol–water partition coefficient (Wildman–Crippen LogP) is 7.85. The van der Waals surface area contributed by atoms with E-state index < -0.39 is 63.6 Å². The number of amides is 4. The molecule has 4 aliphatic rings. The van der Waals surface area contributed by atoms with Gasteiger partial charge in [-0.2, -0.15) is 0 Å². The van der Waals surface area contributed by atoms with Crippen molar-refractivity contribution in [2.75, 3.05) is 16.9 Å². The van der Waals surface area contributed by atoms with Crippen LogP contribution in [0.25, 0.3) is 0 Å². The first-order chi connectivity index (χ1) is 25.4. The molecule has 2 heterocycles. The number of halogens is 3. The summed E-state index contributed by atoms with van der Waals surface area (Å²) in [6.45, 7) is 0. The van der Waals surface area contributed by atoms with Crippen molar-refractivity contribution in [3.63, 3.8) is 0 Å². The van der Waals surface area contributed by atoms with Crippen molar-refractivity contribution in [3.05, 3.63) is 132 Å². The number of phenols is 1. The third-order valence-corrected chi connectivity index (χ3v) is 13.6. The summed E-state index contributed by atoms with van der Waals surface area (Å²) in [5.74, 6) is -6.43. The molecular weight excluding hydrogens is 834 g/mol. The van der Waals surface area contributed by atoms with E-state index in [0.717, 1.165) is 4.90 Å². The Morgan fingerprint density at radius 2 is 1.57 bits per heavy atom. The molecule has 0 spiro atoms. The molecule has 0 radical (unpaired) electrons. The van der Waals surface area contributed by atoms with Gasteiger partial charge in [-0.05, 0) is 92.1 Å². The average molecular weight is 862 g/mol. The second kappa shape index (κ2) is 12.9. The molecular formula is C39H28Br2ClN3O8. The maximum absolute atomic E-state index is 15.5. The number of non-ortho nitro benzene ring substituents is 1. The summed E-state index contributed by atoms with van der Waals surface area (Å²) in [5, 5.41) is 23.0. The molecule has 3 fully saturated rings. The molecule has 0 unspecified atom stereocenters. The maximum Gasteiger partial charge on any atom is 0.271 e. The van der Waals surface area contributed by atoms with Gasteiger partial charge in [0.25, 0.3) is 5.69 Å². The number of anilines is 2. The lowest BCUT2D eigenvalue weighted by atomic mass is 9.49. The molecule has 4 aromatic rings. The van der Waals surface area contributed by atoms with Crippen LogP contribution in [0.15, 0.2) is 106 Å². The second-order valence-corrected chi connectivity index (χ2v) is 15.5. The zero-order valence-electron chi connectivity index (χ0n) is 27.7. The van der Waals surface area contributed by atoms with Crippen LogP contribution in [0.1, 0.15) is 29.9 Å². The largest absolute Gasteiger partial charge is 0.503 e. The van der Waals surface area contributed by atoms with E-state index in [0.29, 0.717) is 31.9 Å². The lowest BCUT2D eigenvalue weighted by Crippen LogP contribution is -2.53. The second-order valence-electron chi connectivity index (χ2n) is 13.5. The molecule has 6 atom stereocenters. The van der Waals surface area contributed by atoms with Crippen LogP contribution in [0.2, 0.25) is 5.02 Å². The van der Waals surface area contributed by atoms with Crippen molar-refractivity contribution in [2.24, 2.45) is 23.7 Å². The number of benzene rings is 4. The Morgan fingerprint density at radius 1 is 0.868 bits per heavy atom. The Kier molecular flexibility index (Phi) is 8.58. The molecule has 4 aromatic carbocycles. The van der Waals surface area contributed by atoms with Crippen molar-refractivity contribution >= 4 is 84.2 Å². The van der Waals surface area contributed by atoms with Gasteiger partial charge in [-0.15, -0.1) is 0 Å². The summed E-state index contributed by atoms with van der Waals surface area (Å²) in [5.41, 5.74) is 0.310. The van der Waals surface area contributed by atoms with Gasteiger partial charge in [0, 0.05) is 27.5 Å². The maximum atomic E-state index is 15.5. The Balaban J connectivity index is 1.38. The molecule has 14 heteroatoms. The van der Waals surface area contributed by atoms with E-state index in [1.165, 1.54) is 36.3 Å². The Morgan fingerprint density at radius 3 is 2.25 bits per heavy atom. The minimum absolute atomic E-state index is 0.0514. The fourth-order valence-electron chi connectivity index (χ4n) is 9.07. The van der Waals surface area contributed by atoms with Crippen LogP contribution in [0.4, 0.5) is 17.1 Å². The molecule has 268 valence electrons. The lowest BCUT2D eigenvalue weighted by molar-refractivity contribution is -0.384. The van der Waals surface area contributed by atoms with Crippen LogP contribution in [-0.2, 0) is 24.6 Å². The van der Waals surface area contributed by atoms with E-state index in [-0.39, 0.29) is 40.2 Å². The SMILES string of the molecule is COc1cc([C@H]2C3=CC[C@@H]4C(=O)N(c5cccc([N+](=O)[O-])c5)C(=O)[C@@H]4[C@@H]3C[C@H]3C(=O)N(c4cccc(Cl)c4)C(=O)[C@@]23c2ccccc2)c(Br)c(Br)c1O. The number of imide groups is 2. The summed E-state index contributed by atoms with van der Waals surface area (Å²) in [6, 6.07) is 22.6. The number of nitro benzene ring substituents is 1. The molecule has 1 saturated carbocycles. The summed E-state index contributed by atoms with van der Waals surface area (Å²) >= 11 is 13.6. The molecule has 4 amide bonds. The first-order valence-electron chi connectivity index (χ1n) is 16.7. The van der Waals surface area contributed by atoms with Crippen LogP contribution < -0.4 is 14.5 Å². The highest BCUT2D eigenvalue weighted by molar-refractivity contribution is 9.13. The molecule has 2 aliphatic heterocycles. The van der Waals surface area contributed by atoms with Gasteiger partial charge >= 0.3 is 0 Å². The minimum Gasteiger partial charge on any atom is -0.503 e. The fourth-order valence-corrected chi connectivity index (χ4v) is 10.2. The van der Waals surface area contributed by atoms with Crippen LogP contribution >= 0.6 is 43.5 Å². The minimum atomic E-state index is -1.56. The topological polar surface area (TPSA) is 147 Å². The number of fused-ring (bicyclic) bond motifs is 4. The molecule has 53 heavy (non-hydrogen) atoms. The van der Waals surface area contributed by atoms with E-state index >= 15 is 4.79 Å². The Bertz CT molecular complexity index is 2320. The number of carbonyl (C=O) groups is 4. The summed E-state index contributed by atoms with van der Waals surface area (Å²) in [6.07, 6.45) is 2.10. The van der Waals surface area contributed by atoms with Crippen LogP contribution in [0, 0.1) is 33.8 Å². The molecule has 11 nitrogen and oxygen atoms in total. The number of phenolic OH excluding ortho intramolecular Hbond substituents is 1. The monoisotopic (exact) mass is 859 g/mol. The number of methoxy groups -OCH3 is 1. The number of hydrogen-bond acceptors (Lipinski definition) is 8. The molecule has 0 aromatic heterocycles. The summed E-state index contributed by atoms with van der Waals surface area (Å²) < 4.78 is 6.26. The van der Waals surface area contributed by atoms with Gasteiger partial charge in [-0.25, -0.2) is 9.80 Å². The zero-order chi connectivity index (χ0) is 37.5. The van der Waals surface area contributed by atoms with E-state index in [1.54, 1.807) is 42.5 Å². The van der Waals surface area contributed by atoms with Crippen molar-refractivity contribution < 1.29 is 33.9 Å². The van der Waals surface area contributed by atoms with Gasteiger partial charge in [0.2, 0.25) is 23.6 Å². The quantitative estimate of drug-likeness (QED) is 0.0893. The number of nitrogens with zero attached hydrogens (tertiary/aromatic N) is 3. The lowest BCUT2D eigenvalue weighted by Gasteiger charge is -2.51. The number of carbonyl (C=O) groups excluding carboxylic acids is 4.